The number of Topliss-reactive ketones (excluding diaryl/α,β-unsaturated/α-hetero) is 1. The van der Waals surface area contributed by atoms with Crippen LogP contribution < -0.4 is 27.2 Å². The molecule has 48 heavy (non-hydrogen) atoms. The van der Waals surface area contributed by atoms with Crippen molar-refractivity contribution in [3.05, 3.63) is 52.1 Å². The molecule has 0 fully saturated rings. The first kappa shape index (κ1) is 36.0. The topological polar surface area (TPSA) is 334 Å². The number of H-pyrrole nitrogens is 1. The van der Waals surface area contributed by atoms with Gasteiger partial charge < -0.3 is 42.1 Å². The zero-order chi connectivity index (χ0) is 35.5. The van der Waals surface area contributed by atoms with Crippen molar-refractivity contribution in [1.82, 2.24) is 30.6 Å². The number of rotatable bonds is 18. The van der Waals surface area contributed by atoms with Crippen LogP contribution in [0.15, 0.2) is 35.3 Å². The van der Waals surface area contributed by atoms with Crippen molar-refractivity contribution in [2.75, 3.05) is 11.1 Å². The van der Waals surface area contributed by atoms with Crippen LogP contribution in [0, 0.1) is 5.92 Å². The van der Waals surface area contributed by atoms with E-state index in [0.29, 0.717) is 11.4 Å². The van der Waals surface area contributed by atoms with Gasteiger partial charge in [0.1, 0.15) is 17.9 Å². The molecule has 254 valence electrons. The first-order valence-electron chi connectivity index (χ1n) is 14.0. The van der Waals surface area contributed by atoms with Crippen LogP contribution >= 0.6 is 0 Å². The molecule has 0 unspecified atom stereocenters. The fourth-order valence-corrected chi connectivity index (χ4v) is 4.30. The van der Waals surface area contributed by atoms with Crippen molar-refractivity contribution < 1.29 is 54.0 Å². The maximum Gasteiger partial charge on any atom is 0.326 e. The van der Waals surface area contributed by atoms with Gasteiger partial charge in [-0.2, -0.15) is 4.98 Å². The molecule has 0 aliphatic heterocycles. The lowest BCUT2D eigenvalue weighted by Gasteiger charge is -2.19. The molecule has 20 nitrogen and oxygen atoms in total. The Balaban J connectivity index is 1.56. The second-order valence-electron chi connectivity index (χ2n) is 10.4. The van der Waals surface area contributed by atoms with Crippen LogP contribution in [0.3, 0.4) is 0 Å². The van der Waals surface area contributed by atoms with Gasteiger partial charge in [0.25, 0.3) is 11.5 Å². The van der Waals surface area contributed by atoms with Crippen LogP contribution in [0.5, 0.6) is 0 Å². The molecule has 3 atom stereocenters. The molecule has 3 aromatic rings. The van der Waals surface area contributed by atoms with E-state index in [2.05, 4.69) is 30.6 Å². The highest BCUT2D eigenvalue weighted by Gasteiger charge is 2.30. The summed E-state index contributed by atoms with van der Waals surface area (Å²) in [5, 5.41) is 43.9. The number of carboxylic acid groups (broad SMARTS) is 4. The molecule has 2 amide bonds. The molecular weight excluding hydrogens is 640 g/mol. The molecule has 2 heterocycles. The Kier molecular flexibility index (Phi) is 12.1. The van der Waals surface area contributed by atoms with Crippen LogP contribution in [0.4, 0.5) is 11.6 Å². The van der Waals surface area contributed by atoms with Crippen LogP contribution in [-0.4, -0.2) is 93.9 Å². The highest BCUT2D eigenvalue weighted by atomic mass is 16.4. The van der Waals surface area contributed by atoms with Gasteiger partial charge in [-0.3, -0.25) is 33.8 Å². The number of ketones is 1. The van der Waals surface area contributed by atoms with Gasteiger partial charge in [0.05, 0.1) is 37.2 Å². The highest BCUT2D eigenvalue weighted by Crippen LogP contribution is 2.15. The second-order valence-corrected chi connectivity index (χ2v) is 10.4. The molecule has 3 rings (SSSR count). The lowest BCUT2D eigenvalue weighted by Crippen LogP contribution is -2.45. The van der Waals surface area contributed by atoms with Gasteiger partial charge in [-0.25, -0.2) is 19.6 Å². The average Bonchev–Trinajstić information content (AvgIpc) is 3.00. The number of nitrogens with two attached hydrogens (primary N) is 1. The summed E-state index contributed by atoms with van der Waals surface area (Å²) in [7, 11) is 0. The molecule has 0 spiro atoms. The lowest BCUT2D eigenvalue weighted by molar-refractivity contribution is -0.148. The maximum absolute atomic E-state index is 12.7. The van der Waals surface area contributed by atoms with Crippen molar-refractivity contribution in [2.45, 2.75) is 50.7 Å². The molecular formula is C28H30N8O12. The van der Waals surface area contributed by atoms with Crippen molar-refractivity contribution in [3.63, 3.8) is 0 Å². The highest BCUT2D eigenvalue weighted by molar-refractivity contribution is 5.97. The number of anilines is 2. The molecule has 0 saturated carbocycles. The second kappa shape index (κ2) is 16.2. The number of nitrogen functional groups attached to an aromatic ring is 1. The molecule has 0 radical (unpaired) electrons. The van der Waals surface area contributed by atoms with Crippen LogP contribution in [-0.2, 0) is 35.3 Å². The third-order valence-electron chi connectivity index (χ3n) is 6.68. The quantitative estimate of drug-likeness (QED) is 0.0780. The van der Waals surface area contributed by atoms with Crippen LogP contribution in [0.2, 0.25) is 0 Å². The van der Waals surface area contributed by atoms with Gasteiger partial charge in [-0.15, -0.1) is 0 Å². The number of hydrogen-bond acceptors (Lipinski definition) is 13. The number of nitrogens with one attached hydrogen (secondary N) is 4. The van der Waals surface area contributed by atoms with E-state index >= 15 is 0 Å². The summed E-state index contributed by atoms with van der Waals surface area (Å²) in [4.78, 5) is 110. The first-order chi connectivity index (χ1) is 22.6. The van der Waals surface area contributed by atoms with E-state index in [0.717, 1.165) is 0 Å². The molecule has 1 aromatic carbocycles. The summed E-state index contributed by atoms with van der Waals surface area (Å²) < 4.78 is 0. The summed E-state index contributed by atoms with van der Waals surface area (Å²) in [5.41, 5.74) is 6.03. The largest absolute Gasteiger partial charge is 0.481 e. The third-order valence-corrected chi connectivity index (χ3v) is 6.68. The van der Waals surface area contributed by atoms with Crippen molar-refractivity contribution in [3.8, 4) is 0 Å². The van der Waals surface area contributed by atoms with Gasteiger partial charge in [0, 0.05) is 24.1 Å². The van der Waals surface area contributed by atoms with E-state index in [4.69, 9.17) is 21.1 Å². The lowest BCUT2D eigenvalue weighted by atomic mass is 9.94. The predicted octanol–water partition coefficient (Wildman–Crippen LogP) is -1.04. The Hall–Kier alpha value is -6.47. The van der Waals surface area contributed by atoms with Crippen molar-refractivity contribution in [1.29, 1.82) is 0 Å². The van der Waals surface area contributed by atoms with E-state index in [9.17, 15) is 43.5 Å². The smallest absolute Gasteiger partial charge is 0.326 e. The number of carbonyl (C=O) groups excluding carboxylic acids is 3. The number of fused-ring (bicyclic) bond motifs is 1. The van der Waals surface area contributed by atoms with Gasteiger partial charge in [0.15, 0.2) is 11.2 Å². The zero-order valence-electron chi connectivity index (χ0n) is 24.8. The summed E-state index contributed by atoms with van der Waals surface area (Å²) in [5.74, 6) is -10.6. The number of aromatic nitrogens is 4. The fourth-order valence-electron chi connectivity index (χ4n) is 4.30. The maximum atomic E-state index is 12.7. The number of nitrogens with zero attached hydrogens (tertiary/aromatic N) is 3. The van der Waals surface area contributed by atoms with Gasteiger partial charge >= 0.3 is 23.9 Å². The molecule has 0 bridgehead atoms. The Bertz CT molecular complexity index is 1790. The number of aromatic amines is 1. The summed E-state index contributed by atoms with van der Waals surface area (Å²) in [6, 6.07) is 2.43. The van der Waals surface area contributed by atoms with Crippen LogP contribution in [0.1, 0.15) is 48.2 Å². The minimum atomic E-state index is -1.87. The molecule has 0 saturated heterocycles. The fraction of sp³-hybridized carbons (Fsp3) is 0.321. The Morgan fingerprint density at radius 1 is 0.833 bits per heavy atom. The summed E-state index contributed by atoms with van der Waals surface area (Å²) >= 11 is 0. The number of carbonyl (C=O) groups is 7. The van der Waals surface area contributed by atoms with Gasteiger partial charge in [0.2, 0.25) is 11.9 Å². The normalized spacial score (nSPS) is 12.7. The molecule has 10 N–H and O–H groups in total. The van der Waals surface area contributed by atoms with E-state index < -0.39 is 97.1 Å². The standard InChI is InChI=1S/C28H30N8O12/c29-28-35-22-21(25(44)36-28)32-15(11-31-22)10-30-14-3-1-12(2-4-14)23(42)33-17(26(45)46)6-5-16(37)7-13(8-19(38)39)24(43)34-18(27(47)48)9-20(40)41/h1-4,11,13,17-18,30H,5-10H2,(H,33,42)(H,34,43)(H,38,39)(H,40,41)(H,45,46)(H,47,48)(H3,29,31,35,36,44)/t13-,17+,18-/m1/s1. The summed E-state index contributed by atoms with van der Waals surface area (Å²) in [6.45, 7) is 0.144. The molecule has 0 aliphatic carbocycles. The van der Waals surface area contributed by atoms with E-state index in [-0.39, 0.29) is 29.2 Å². The number of aliphatic carboxylic acids is 4. The number of carboxylic acids is 4. The SMILES string of the molecule is Nc1nc2ncc(CNc3ccc(C(=O)N[C@@H](CCC(=O)C[C@H](CC(=O)O)C(=O)N[C@H](CC(=O)O)C(=O)O)C(=O)O)cc3)nc2c(=O)[nH]1. The first-order valence-corrected chi connectivity index (χ1v) is 14.0. The minimum absolute atomic E-state index is 0.00218. The third kappa shape index (κ3) is 10.6. The van der Waals surface area contributed by atoms with E-state index in [1.54, 1.807) is 0 Å². The van der Waals surface area contributed by atoms with Crippen molar-refractivity contribution >= 4 is 64.3 Å². The van der Waals surface area contributed by atoms with E-state index in [1.165, 1.54) is 30.5 Å². The van der Waals surface area contributed by atoms with E-state index in [1.807, 2.05) is 5.32 Å². The minimum Gasteiger partial charge on any atom is -0.481 e. The summed E-state index contributed by atoms with van der Waals surface area (Å²) in [6.07, 6.45) is -2.10. The van der Waals surface area contributed by atoms with Crippen LogP contribution in [0.25, 0.3) is 11.2 Å². The number of hydrogen-bond donors (Lipinski definition) is 9. The monoisotopic (exact) mass is 670 g/mol. The molecule has 0 aliphatic rings. The predicted molar refractivity (Wildman–Crippen MR) is 161 cm³/mol. The number of benzene rings is 1. The molecule has 2 aromatic heterocycles. The van der Waals surface area contributed by atoms with Gasteiger partial charge in [-0.1, -0.05) is 0 Å². The Morgan fingerprint density at radius 3 is 2.08 bits per heavy atom. The Labute approximate surface area is 268 Å². The van der Waals surface area contributed by atoms with Crippen molar-refractivity contribution in [2.24, 2.45) is 5.92 Å². The number of amides is 2. The molecule has 20 heteroatoms. The zero-order valence-corrected chi connectivity index (χ0v) is 24.8. The average molecular weight is 671 g/mol. The Morgan fingerprint density at radius 2 is 1.48 bits per heavy atom. The van der Waals surface area contributed by atoms with Gasteiger partial charge in [-0.05, 0) is 30.7 Å².